The molecule has 0 atom stereocenters. The van der Waals surface area contributed by atoms with E-state index in [1.165, 1.54) is 6.92 Å². The maximum absolute atomic E-state index is 12.9. The van der Waals surface area contributed by atoms with Crippen LogP contribution in [0.5, 0.6) is 0 Å². The molecule has 1 N–H and O–H groups in total. The lowest BCUT2D eigenvalue weighted by Gasteiger charge is -1.98. The summed E-state index contributed by atoms with van der Waals surface area (Å²) in [5, 5.41) is 11.6. The van der Waals surface area contributed by atoms with Gasteiger partial charge in [0.05, 0.1) is 6.54 Å². The molecule has 0 saturated carbocycles. The Morgan fingerprint density at radius 1 is 1.86 bits per heavy atom. The van der Waals surface area contributed by atoms with Crippen molar-refractivity contribution in [3.05, 3.63) is 28.5 Å². The minimum absolute atomic E-state index is 0.266. The van der Waals surface area contributed by atoms with Crippen molar-refractivity contribution < 1.29 is 18.8 Å². The summed E-state index contributed by atoms with van der Waals surface area (Å²) in [5.41, 5.74) is 0. The van der Waals surface area contributed by atoms with Crippen molar-refractivity contribution >= 4 is 0 Å². The standard InChI is InChI=1S/C7H9FN2O4/c1-5-9-14-7(12)10(5)2-6(8)3-13-4-11/h3,11H,2,4H2,1H3. The van der Waals surface area contributed by atoms with E-state index in [1.54, 1.807) is 0 Å². The number of halogens is 1. The van der Waals surface area contributed by atoms with Crippen LogP contribution in [0.3, 0.4) is 0 Å². The molecule has 0 spiro atoms. The van der Waals surface area contributed by atoms with Crippen LogP contribution in [0, 0.1) is 6.92 Å². The highest BCUT2D eigenvalue weighted by atomic mass is 19.1. The number of aliphatic hydroxyl groups is 1. The molecule has 0 bridgehead atoms. The molecule has 0 fully saturated rings. The zero-order valence-corrected chi connectivity index (χ0v) is 7.44. The molecular weight excluding hydrogens is 195 g/mol. The van der Waals surface area contributed by atoms with Crippen molar-refractivity contribution in [2.45, 2.75) is 13.5 Å². The summed E-state index contributed by atoms with van der Waals surface area (Å²) < 4.78 is 22.5. The topological polar surface area (TPSA) is 77.5 Å². The molecule has 0 aromatic carbocycles. The predicted octanol–water partition coefficient (Wildman–Crippen LogP) is -0.0780. The Kier molecular flexibility index (Phi) is 3.41. The Labute approximate surface area is 78.2 Å². The van der Waals surface area contributed by atoms with Gasteiger partial charge in [0.15, 0.2) is 18.4 Å². The highest BCUT2D eigenvalue weighted by Gasteiger charge is 2.07. The summed E-state index contributed by atoms with van der Waals surface area (Å²) in [6.45, 7) is 0.560. The molecule has 1 aromatic heterocycles. The Morgan fingerprint density at radius 3 is 3.07 bits per heavy atom. The molecule has 6 nitrogen and oxygen atoms in total. The molecule has 0 aliphatic rings. The number of aryl methyl sites for hydroxylation is 1. The van der Waals surface area contributed by atoms with Crippen molar-refractivity contribution in [2.24, 2.45) is 0 Å². The van der Waals surface area contributed by atoms with E-state index in [2.05, 4.69) is 14.4 Å². The molecule has 78 valence electrons. The van der Waals surface area contributed by atoms with Gasteiger partial charge in [-0.1, -0.05) is 5.16 Å². The molecule has 0 saturated heterocycles. The molecule has 1 heterocycles. The van der Waals surface area contributed by atoms with Crippen LogP contribution in [0.15, 0.2) is 21.4 Å². The van der Waals surface area contributed by atoms with Crippen LogP contribution in [0.1, 0.15) is 5.82 Å². The number of rotatable bonds is 4. The molecule has 1 rings (SSSR count). The molecule has 0 unspecified atom stereocenters. The lowest BCUT2D eigenvalue weighted by molar-refractivity contribution is 0.0565. The molecule has 0 aliphatic carbocycles. The number of hydrogen-bond acceptors (Lipinski definition) is 5. The van der Waals surface area contributed by atoms with Gasteiger partial charge in [0.1, 0.15) is 6.26 Å². The predicted molar refractivity (Wildman–Crippen MR) is 42.9 cm³/mol. The van der Waals surface area contributed by atoms with Crippen LogP contribution in [-0.2, 0) is 11.3 Å². The van der Waals surface area contributed by atoms with Gasteiger partial charge in [-0.05, 0) is 6.92 Å². The molecule has 1 aromatic rings. The second kappa shape index (κ2) is 4.56. The van der Waals surface area contributed by atoms with E-state index in [0.29, 0.717) is 0 Å². The average molecular weight is 204 g/mol. The summed E-state index contributed by atoms with van der Waals surface area (Å²) in [4.78, 5) is 10.9. The van der Waals surface area contributed by atoms with Gasteiger partial charge in [-0.25, -0.2) is 9.18 Å². The largest absolute Gasteiger partial charge is 0.473 e. The first-order valence-electron chi connectivity index (χ1n) is 3.75. The number of aromatic nitrogens is 2. The van der Waals surface area contributed by atoms with Crippen molar-refractivity contribution in [1.29, 1.82) is 0 Å². The third-order valence-electron chi connectivity index (χ3n) is 1.46. The van der Waals surface area contributed by atoms with E-state index in [0.717, 1.165) is 10.8 Å². The van der Waals surface area contributed by atoms with E-state index >= 15 is 0 Å². The van der Waals surface area contributed by atoms with E-state index in [-0.39, 0.29) is 12.4 Å². The molecule has 0 aliphatic heterocycles. The van der Waals surface area contributed by atoms with Crippen LogP contribution >= 0.6 is 0 Å². The van der Waals surface area contributed by atoms with Gasteiger partial charge in [-0.2, -0.15) is 0 Å². The van der Waals surface area contributed by atoms with Gasteiger partial charge >= 0.3 is 5.76 Å². The number of aliphatic hydroxyl groups excluding tert-OH is 1. The van der Waals surface area contributed by atoms with Crippen LogP contribution in [0.2, 0.25) is 0 Å². The van der Waals surface area contributed by atoms with E-state index < -0.39 is 18.4 Å². The molecule has 14 heavy (non-hydrogen) atoms. The Morgan fingerprint density at radius 2 is 2.57 bits per heavy atom. The van der Waals surface area contributed by atoms with Crippen LogP contribution < -0.4 is 5.76 Å². The summed E-state index contributed by atoms with van der Waals surface area (Å²) in [7, 11) is 0. The van der Waals surface area contributed by atoms with Gasteiger partial charge in [-0.3, -0.25) is 9.09 Å². The van der Waals surface area contributed by atoms with Crippen molar-refractivity contribution in [1.82, 2.24) is 9.72 Å². The van der Waals surface area contributed by atoms with E-state index in [1.807, 2.05) is 0 Å². The first-order valence-corrected chi connectivity index (χ1v) is 3.75. The third-order valence-corrected chi connectivity index (χ3v) is 1.46. The zero-order valence-electron chi connectivity index (χ0n) is 7.44. The maximum atomic E-state index is 12.9. The van der Waals surface area contributed by atoms with Gasteiger partial charge in [0.2, 0.25) is 0 Å². The summed E-state index contributed by atoms with van der Waals surface area (Å²) in [6.07, 6.45) is 0.721. The van der Waals surface area contributed by atoms with Gasteiger partial charge < -0.3 is 9.84 Å². The fraction of sp³-hybridized carbons (Fsp3) is 0.429. The fourth-order valence-electron chi connectivity index (χ4n) is 0.831. The molecule has 0 amide bonds. The van der Waals surface area contributed by atoms with E-state index in [4.69, 9.17) is 5.11 Å². The first-order chi connectivity index (χ1) is 6.65. The summed E-state index contributed by atoms with van der Waals surface area (Å²) in [5.74, 6) is -1.19. The van der Waals surface area contributed by atoms with Crippen molar-refractivity contribution in [2.75, 3.05) is 6.79 Å². The summed E-state index contributed by atoms with van der Waals surface area (Å²) in [6, 6.07) is 0. The second-order valence-electron chi connectivity index (χ2n) is 2.44. The fourth-order valence-corrected chi connectivity index (χ4v) is 0.831. The Bertz CT molecular complexity index is 381. The number of hydrogen-bond donors (Lipinski definition) is 1. The smallest absolute Gasteiger partial charge is 0.441 e. The SMILES string of the molecule is Cc1noc(=O)n1CC(F)=COCO. The number of ether oxygens (including phenoxy) is 1. The second-order valence-corrected chi connectivity index (χ2v) is 2.44. The van der Waals surface area contributed by atoms with Crippen LogP contribution in [0.4, 0.5) is 4.39 Å². The summed E-state index contributed by atoms with van der Waals surface area (Å²) >= 11 is 0. The number of nitrogens with zero attached hydrogens (tertiary/aromatic N) is 2. The van der Waals surface area contributed by atoms with Crippen molar-refractivity contribution in [3.63, 3.8) is 0 Å². The normalized spacial score (nSPS) is 11.8. The minimum Gasteiger partial charge on any atom is -0.473 e. The Balaban J connectivity index is 2.74. The highest BCUT2D eigenvalue weighted by molar-refractivity contribution is 4.90. The third kappa shape index (κ3) is 2.43. The molecule has 7 heteroatoms. The van der Waals surface area contributed by atoms with Crippen LogP contribution in [-0.4, -0.2) is 21.6 Å². The van der Waals surface area contributed by atoms with E-state index in [9.17, 15) is 9.18 Å². The minimum atomic E-state index is -0.741. The number of allylic oxidation sites excluding steroid dienone is 1. The monoisotopic (exact) mass is 204 g/mol. The quantitative estimate of drug-likeness (QED) is 0.548. The Hall–Kier alpha value is -1.63. The lowest BCUT2D eigenvalue weighted by Crippen LogP contribution is -2.16. The zero-order chi connectivity index (χ0) is 10.6. The van der Waals surface area contributed by atoms with Crippen LogP contribution in [0.25, 0.3) is 0 Å². The van der Waals surface area contributed by atoms with Gasteiger partial charge in [0, 0.05) is 0 Å². The lowest BCUT2D eigenvalue weighted by atomic mass is 10.5. The average Bonchev–Trinajstić information content (AvgIpc) is 2.46. The highest BCUT2D eigenvalue weighted by Crippen LogP contribution is 2.01. The van der Waals surface area contributed by atoms with Gasteiger partial charge in [-0.15, -0.1) is 0 Å². The molecule has 0 radical (unpaired) electrons. The van der Waals surface area contributed by atoms with Gasteiger partial charge in [0.25, 0.3) is 0 Å². The first kappa shape index (κ1) is 10.5. The van der Waals surface area contributed by atoms with Crippen molar-refractivity contribution in [3.8, 4) is 0 Å². The maximum Gasteiger partial charge on any atom is 0.441 e. The molecular formula is C7H9FN2O4.